The molecule has 3 heteroatoms. The first-order valence-electron chi connectivity index (χ1n) is 6.79. The molecule has 0 radical (unpaired) electrons. The fourth-order valence-corrected chi connectivity index (χ4v) is 2.08. The highest BCUT2D eigenvalue weighted by molar-refractivity contribution is 5.89. The molecule has 112 valence electrons. The Kier molecular flexibility index (Phi) is 5.97. The third kappa shape index (κ3) is 4.63. The van der Waals surface area contributed by atoms with Crippen LogP contribution in [-0.4, -0.2) is 11.1 Å². The van der Waals surface area contributed by atoms with E-state index in [0.717, 1.165) is 16.7 Å². The van der Waals surface area contributed by atoms with E-state index >= 15 is 0 Å². The van der Waals surface area contributed by atoms with Gasteiger partial charge in [0.25, 0.3) is 0 Å². The van der Waals surface area contributed by atoms with Crippen LogP contribution in [0.5, 0.6) is 0 Å². The van der Waals surface area contributed by atoms with E-state index in [1.54, 1.807) is 18.2 Å². The molecule has 21 heavy (non-hydrogen) atoms. The summed E-state index contributed by atoms with van der Waals surface area (Å²) in [5.74, 6) is -0.279. The molecule has 0 heterocycles. The number of aryl methyl sites for hydroxylation is 1. The van der Waals surface area contributed by atoms with Crippen molar-refractivity contribution >= 4 is 5.97 Å². The van der Waals surface area contributed by atoms with Crippen molar-refractivity contribution in [3.8, 4) is 0 Å². The summed E-state index contributed by atoms with van der Waals surface area (Å²) in [5.41, 5.74) is 4.00. The van der Waals surface area contributed by atoms with Gasteiger partial charge < -0.3 is 9.84 Å². The lowest BCUT2D eigenvalue weighted by Crippen LogP contribution is -2.06. The van der Waals surface area contributed by atoms with Gasteiger partial charge in [-0.3, -0.25) is 0 Å². The highest BCUT2D eigenvalue weighted by Gasteiger charge is 2.12. The summed E-state index contributed by atoms with van der Waals surface area (Å²) in [5, 5.41) is 9.24. The molecule has 0 fully saturated rings. The number of hydrogen-bond donors (Lipinski definition) is 1. The zero-order valence-corrected chi connectivity index (χ0v) is 13.1. The fourth-order valence-electron chi connectivity index (χ4n) is 2.08. The molecule has 0 atom stereocenters. The van der Waals surface area contributed by atoms with Gasteiger partial charge in [0.2, 0.25) is 0 Å². The van der Waals surface area contributed by atoms with Crippen LogP contribution in [0.15, 0.2) is 53.8 Å². The van der Waals surface area contributed by atoms with E-state index < -0.39 is 5.97 Å². The predicted molar refractivity (Wildman–Crippen MR) is 85.3 cm³/mol. The molecule has 0 saturated carbocycles. The Morgan fingerprint density at radius 2 is 2.00 bits per heavy atom. The van der Waals surface area contributed by atoms with E-state index in [4.69, 9.17) is 4.74 Å². The van der Waals surface area contributed by atoms with Crippen molar-refractivity contribution in [2.45, 2.75) is 34.3 Å². The van der Waals surface area contributed by atoms with Crippen molar-refractivity contribution in [1.29, 1.82) is 0 Å². The Morgan fingerprint density at radius 1 is 1.33 bits per heavy atom. The molecule has 0 unspecified atom stereocenters. The highest BCUT2D eigenvalue weighted by atomic mass is 16.5. The van der Waals surface area contributed by atoms with Crippen LogP contribution in [-0.2, 0) is 11.3 Å². The van der Waals surface area contributed by atoms with Crippen molar-refractivity contribution in [3.63, 3.8) is 0 Å². The van der Waals surface area contributed by atoms with Crippen molar-refractivity contribution in [1.82, 2.24) is 0 Å². The third-order valence-electron chi connectivity index (χ3n) is 3.09. The van der Waals surface area contributed by atoms with Gasteiger partial charge in [-0.15, -0.1) is 0 Å². The second-order valence-electron chi connectivity index (χ2n) is 5.17. The van der Waals surface area contributed by atoms with E-state index in [-0.39, 0.29) is 12.2 Å². The van der Waals surface area contributed by atoms with Crippen LogP contribution in [0.4, 0.5) is 0 Å². The smallest absolute Gasteiger partial charge is 0.336 e. The van der Waals surface area contributed by atoms with E-state index in [0.29, 0.717) is 11.3 Å². The van der Waals surface area contributed by atoms with Gasteiger partial charge in [0.1, 0.15) is 12.4 Å². The van der Waals surface area contributed by atoms with Crippen LogP contribution < -0.4 is 0 Å². The molecule has 3 nitrogen and oxygen atoms in total. The molecule has 1 aromatic rings. The second-order valence-corrected chi connectivity index (χ2v) is 5.17. The van der Waals surface area contributed by atoms with E-state index in [1.807, 2.05) is 39.8 Å². The molecule has 0 aliphatic heterocycles. The quantitative estimate of drug-likeness (QED) is 0.612. The Bertz CT molecular complexity index is 603. The largest absolute Gasteiger partial charge is 0.489 e. The first-order valence-corrected chi connectivity index (χ1v) is 6.79. The second kappa shape index (κ2) is 7.48. The molecule has 0 aromatic heterocycles. The van der Waals surface area contributed by atoms with Gasteiger partial charge >= 0.3 is 5.97 Å². The van der Waals surface area contributed by atoms with Crippen molar-refractivity contribution < 1.29 is 14.6 Å². The number of carboxylic acid groups (broad SMARTS) is 1. The van der Waals surface area contributed by atoms with Gasteiger partial charge in [0.15, 0.2) is 0 Å². The molecule has 0 aliphatic rings. The Hall–Kier alpha value is -2.29. The lowest BCUT2D eigenvalue weighted by Gasteiger charge is -2.13. The number of carboxylic acids is 1. The third-order valence-corrected chi connectivity index (χ3v) is 3.09. The van der Waals surface area contributed by atoms with Gasteiger partial charge in [0, 0.05) is 5.56 Å². The van der Waals surface area contributed by atoms with Crippen molar-refractivity contribution in [2.75, 3.05) is 0 Å². The number of aromatic carboxylic acids is 1. The summed E-state index contributed by atoms with van der Waals surface area (Å²) in [4.78, 5) is 11.3. The number of allylic oxidation sites excluding steroid dienone is 4. The molecule has 0 spiro atoms. The number of rotatable bonds is 6. The van der Waals surface area contributed by atoms with Crippen molar-refractivity contribution in [3.05, 3.63) is 70.5 Å². The number of hydrogen-bond acceptors (Lipinski definition) is 2. The molecule has 0 aliphatic carbocycles. The minimum atomic E-state index is -0.942. The molecule has 0 amide bonds. The SMILES string of the molecule is C=C/C(OCc1c(C)cccc1C(=O)O)=C(/C)C=C(C)C. The molecule has 1 rings (SSSR count). The summed E-state index contributed by atoms with van der Waals surface area (Å²) >= 11 is 0. The summed E-state index contributed by atoms with van der Waals surface area (Å²) in [6, 6.07) is 5.21. The average molecular weight is 286 g/mol. The maximum atomic E-state index is 11.3. The van der Waals surface area contributed by atoms with Crippen LogP contribution in [0.2, 0.25) is 0 Å². The van der Waals surface area contributed by atoms with Crippen LogP contribution in [0.25, 0.3) is 0 Å². The number of ether oxygens (including phenoxy) is 1. The van der Waals surface area contributed by atoms with Gasteiger partial charge in [-0.2, -0.15) is 0 Å². The maximum absolute atomic E-state index is 11.3. The van der Waals surface area contributed by atoms with E-state index in [1.165, 1.54) is 0 Å². The molecule has 1 N–H and O–H groups in total. The summed E-state index contributed by atoms with van der Waals surface area (Å²) in [6.45, 7) is 11.8. The minimum Gasteiger partial charge on any atom is -0.489 e. The van der Waals surface area contributed by atoms with Crippen LogP contribution >= 0.6 is 0 Å². The summed E-state index contributed by atoms with van der Waals surface area (Å²) in [7, 11) is 0. The standard InChI is InChI=1S/C18H22O3/c1-6-17(14(5)10-12(2)3)21-11-16-13(4)8-7-9-15(16)18(19)20/h6-10H,1,11H2,2-5H3,(H,19,20)/b17-14+. The zero-order chi connectivity index (χ0) is 16.0. The first-order chi connectivity index (χ1) is 9.86. The number of carbonyl (C=O) groups is 1. The normalized spacial score (nSPS) is 11.4. The highest BCUT2D eigenvalue weighted by Crippen LogP contribution is 2.19. The summed E-state index contributed by atoms with van der Waals surface area (Å²) in [6.07, 6.45) is 3.65. The monoisotopic (exact) mass is 286 g/mol. The fraction of sp³-hybridized carbons (Fsp3) is 0.278. The Labute approximate surface area is 126 Å². The van der Waals surface area contributed by atoms with Gasteiger partial charge in [-0.25, -0.2) is 4.79 Å². The van der Waals surface area contributed by atoms with E-state index in [9.17, 15) is 9.90 Å². The van der Waals surface area contributed by atoms with Crippen LogP contribution in [0, 0.1) is 6.92 Å². The lowest BCUT2D eigenvalue weighted by molar-refractivity contribution is 0.0692. The number of benzene rings is 1. The molecule has 0 saturated heterocycles. The van der Waals surface area contributed by atoms with Crippen LogP contribution in [0.3, 0.4) is 0 Å². The van der Waals surface area contributed by atoms with Gasteiger partial charge in [-0.1, -0.05) is 30.4 Å². The first kappa shape index (κ1) is 16.8. The maximum Gasteiger partial charge on any atom is 0.336 e. The van der Waals surface area contributed by atoms with Crippen molar-refractivity contribution in [2.24, 2.45) is 0 Å². The molecular weight excluding hydrogens is 264 g/mol. The molecule has 1 aromatic carbocycles. The Balaban J connectivity index is 3.05. The van der Waals surface area contributed by atoms with E-state index in [2.05, 4.69) is 6.58 Å². The topological polar surface area (TPSA) is 46.5 Å². The zero-order valence-electron chi connectivity index (χ0n) is 13.1. The Morgan fingerprint density at radius 3 is 2.52 bits per heavy atom. The average Bonchev–Trinajstić information content (AvgIpc) is 2.39. The molecule has 0 bridgehead atoms. The predicted octanol–water partition coefficient (Wildman–Crippen LogP) is 4.64. The van der Waals surface area contributed by atoms with Gasteiger partial charge in [-0.05, 0) is 51.0 Å². The lowest BCUT2D eigenvalue weighted by atomic mass is 10.0. The minimum absolute atomic E-state index is 0.212. The van der Waals surface area contributed by atoms with Gasteiger partial charge in [0.05, 0.1) is 5.56 Å². The molecular formula is C18H22O3. The van der Waals surface area contributed by atoms with Crippen LogP contribution in [0.1, 0.15) is 42.3 Å². The summed E-state index contributed by atoms with van der Waals surface area (Å²) < 4.78 is 5.77.